The van der Waals surface area contributed by atoms with Crippen LogP contribution in [0, 0.1) is 16.7 Å². The first-order valence-electron chi connectivity index (χ1n) is 6.79. The third-order valence-corrected chi connectivity index (χ3v) is 5.18. The van der Waals surface area contributed by atoms with Crippen molar-refractivity contribution < 1.29 is 9.21 Å². The number of furan rings is 1. The summed E-state index contributed by atoms with van der Waals surface area (Å²) in [5.74, 6) is 0.735. The number of hydrogen-bond acceptors (Lipinski definition) is 5. The van der Waals surface area contributed by atoms with Gasteiger partial charge in [0.1, 0.15) is 11.0 Å². The maximum absolute atomic E-state index is 12.4. The average Bonchev–Trinajstić information content (AvgIpc) is 2.89. The zero-order valence-corrected chi connectivity index (χ0v) is 12.8. The van der Waals surface area contributed by atoms with Gasteiger partial charge in [0, 0.05) is 6.42 Å². The van der Waals surface area contributed by atoms with E-state index in [0.29, 0.717) is 29.0 Å². The van der Waals surface area contributed by atoms with E-state index in [1.54, 1.807) is 12.3 Å². The smallest absolute Gasteiger partial charge is 0.166 e. The second-order valence-corrected chi connectivity index (χ2v) is 7.39. The van der Waals surface area contributed by atoms with Crippen molar-refractivity contribution in [2.45, 2.75) is 31.9 Å². The molecule has 0 aromatic carbocycles. The summed E-state index contributed by atoms with van der Waals surface area (Å²) in [4.78, 5) is 13.4. The molecule has 0 spiro atoms. The minimum Gasteiger partial charge on any atom is -0.468 e. The molecule has 0 amide bonds. The lowest BCUT2D eigenvalue weighted by Gasteiger charge is -2.35. The maximum atomic E-state index is 12.4. The van der Waals surface area contributed by atoms with Gasteiger partial charge in [-0.3, -0.25) is 4.79 Å². The van der Waals surface area contributed by atoms with Crippen LogP contribution >= 0.6 is 11.8 Å². The van der Waals surface area contributed by atoms with E-state index >= 15 is 0 Å². The fourth-order valence-electron chi connectivity index (χ4n) is 2.90. The van der Waals surface area contributed by atoms with Gasteiger partial charge in [0.15, 0.2) is 5.78 Å². The Kier molecular flexibility index (Phi) is 3.22. The molecule has 4 nitrogen and oxygen atoms in total. The normalized spacial score (nSPS) is 24.8. The second-order valence-electron chi connectivity index (χ2n) is 6.19. The molecule has 2 heterocycles. The van der Waals surface area contributed by atoms with Crippen molar-refractivity contribution in [3.05, 3.63) is 45.9 Å². The standard InChI is InChI=1S/C16H16N2O2S/c1-16(2)6-10(19)13-12(7-16)21-15(9(8-17)14(13)18)11-4-3-5-20-11/h3-5,15H,6-7,18H2,1-2H3/t15-/m0/s1. The van der Waals surface area contributed by atoms with Gasteiger partial charge in [0.2, 0.25) is 0 Å². The molecule has 0 unspecified atom stereocenters. The Morgan fingerprint density at radius 2 is 2.24 bits per heavy atom. The van der Waals surface area contributed by atoms with Crippen LogP contribution in [-0.4, -0.2) is 5.78 Å². The molecule has 0 radical (unpaired) electrons. The molecule has 2 aliphatic rings. The van der Waals surface area contributed by atoms with Crippen LogP contribution in [0.2, 0.25) is 0 Å². The monoisotopic (exact) mass is 300 g/mol. The third kappa shape index (κ3) is 2.30. The number of allylic oxidation sites excluding steroid dienone is 2. The van der Waals surface area contributed by atoms with Gasteiger partial charge in [-0.2, -0.15) is 5.26 Å². The highest BCUT2D eigenvalue weighted by Crippen LogP contribution is 2.53. The molecule has 108 valence electrons. The molecule has 1 aliphatic heterocycles. The molecule has 1 atom stereocenters. The molecule has 1 aromatic rings. The van der Waals surface area contributed by atoms with Crippen LogP contribution in [0.15, 0.2) is 44.6 Å². The van der Waals surface area contributed by atoms with Gasteiger partial charge < -0.3 is 10.2 Å². The zero-order valence-electron chi connectivity index (χ0n) is 12.0. The van der Waals surface area contributed by atoms with Crippen LogP contribution in [0.25, 0.3) is 0 Å². The van der Waals surface area contributed by atoms with Crippen LogP contribution in [0.5, 0.6) is 0 Å². The van der Waals surface area contributed by atoms with E-state index in [1.807, 2.05) is 6.07 Å². The summed E-state index contributed by atoms with van der Waals surface area (Å²) < 4.78 is 5.44. The molecular weight excluding hydrogens is 284 g/mol. The molecule has 0 bridgehead atoms. The van der Waals surface area contributed by atoms with Crippen molar-refractivity contribution in [3.63, 3.8) is 0 Å². The van der Waals surface area contributed by atoms with Crippen molar-refractivity contribution in [2.75, 3.05) is 0 Å². The van der Waals surface area contributed by atoms with Crippen LogP contribution in [0.1, 0.15) is 37.7 Å². The summed E-state index contributed by atoms with van der Waals surface area (Å²) in [6, 6.07) is 5.78. The number of nitrogens with two attached hydrogens (primary N) is 1. The molecule has 5 heteroatoms. The second kappa shape index (κ2) is 4.81. The number of carbonyl (C=O) groups excluding carboxylic acids is 1. The first kappa shape index (κ1) is 14.0. The van der Waals surface area contributed by atoms with E-state index in [-0.39, 0.29) is 16.4 Å². The minimum atomic E-state index is -0.259. The van der Waals surface area contributed by atoms with Crippen molar-refractivity contribution in [3.8, 4) is 6.07 Å². The zero-order chi connectivity index (χ0) is 15.2. The highest BCUT2D eigenvalue weighted by molar-refractivity contribution is 8.03. The van der Waals surface area contributed by atoms with E-state index in [9.17, 15) is 10.1 Å². The number of Topliss-reactive ketones (excluding diaryl/α,β-unsaturated/α-hetero) is 1. The van der Waals surface area contributed by atoms with E-state index in [2.05, 4.69) is 19.9 Å². The van der Waals surface area contributed by atoms with E-state index in [4.69, 9.17) is 10.2 Å². The first-order chi connectivity index (χ1) is 9.93. The summed E-state index contributed by atoms with van der Waals surface area (Å²) in [6.45, 7) is 4.16. The van der Waals surface area contributed by atoms with Gasteiger partial charge in [-0.05, 0) is 28.9 Å². The molecule has 2 N–H and O–H groups in total. The summed E-state index contributed by atoms with van der Waals surface area (Å²) >= 11 is 1.52. The molecule has 0 saturated heterocycles. The minimum absolute atomic E-state index is 0.0388. The lowest BCUT2D eigenvalue weighted by Crippen LogP contribution is -2.30. The van der Waals surface area contributed by atoms with Crippen LogP contribution in [0.4, 0.5) is 0 Å². The summed E-state index contributed by atoms with van der Waals surface area (Å²) in [5, 5.41) is 9.17. The topological polar surface area (TPSA) is 80.0 Å². The number of ketones is 1. The quantitative estimate of drug-likeness (QED) is 0.859. The third-order valence-electron chi connectivity index (χ3n) is 3.84. The predicted octanol–water partition coefficient (Wildman–Crippen LogP) is 3.45. The molecule has 1 aliphatic carbocycles. The van der Waals surface area contributed by atoms with E-state index in [0.717, 1.165) is 11.3 Å². The number of thioether (sulfide) groups is 1. The molecule has 3 rings (SSSR count). The van der Waals surface area contributed by atoms with Crippen LogP contribution in [-0.2, 0) is 4.79 Å². The molecule has 0 saturated carbocycles. The van der Waals surface area contributed by atoms with E-state index < -0.39 is 0 Å². The number of carbonyl (C=O) groups is 1. The van der Waals surface area contributed by atoms with E-state index in [1.165, 1.54) is 11.8 Å². The van der Waals surface area contributed by atoms with Crippen LogP contribution in [0.3, 0.4) is 0 Å². The Hall–Kier alpha value is -1.93. The number of rotatable bonds is 1. The van der Waals surface area contributed by atoms with Gasteiger partial charge in [-0.15, -0.1) is 11.8 Å². The molecule has 21 heavy (non-hydrogen) atoms. The summed E-state index contributed by atoms with van der Waals surface area (Å²) in [6.07, 6.45) is 2.85. The Morgan fingerprint density at radius 3 is 2.86 bits per heavy atom. The van der Waals surface area contributed by atoms with Crippen LogP contribution < -0.4 is 5.73 Å². The number of hydrogen-bond donors (Lipinski definition) is 1. The Bertz CT molecular complexity index is 705. The molecular formula is C16H16N2O2S. The number of nitriles is 1. The van der Waals surface area contributed by atoms with Crippen molar-refractivity contribution in [1.29, 1.82) is 5.26 Å². The Morgan fingerprint density at radius 1 is 1.48 bits per heavy atom. The fourth-order valence-corrected chi connectivity index (χ4v) is 4.55. The van der Waals surface area contributed by atoms with Gasteiger partial charge in [-0.1, -0.05) is 13.8 Å². The lowest BCUT2D eigenvalue weighted by atomic mass is 9.76. The lowest BCUT2D eigenvalue weighted by molar-refractivity contribution is -0.117. The maximum Gasteiger partial charge on any atom is 0.166 e. The average molecular weight is 300 g/mol. The highest BCUT2D eigenvalue weighted by atomic mass is 32.2. The van der Waals surface area contributed by atoms with Crippen molar-refractivity contribution in [2.24, 2.45) is 11.1 Å². The Labute approximate surface area is 127 Å². The Balaban J connectivity index is 2.11. The van der Waals surface area contributed by atoms with Gasteiger partial charge in [0.25, 0.3) is 0 Å². The van der Waals surface area contributed by atoms with Crippen molar-refractivity contribution in [1.82, 2.24) is 0 Å². The van der Waals surface area contributed by atoms with Gasteiger partial charge in [-0.25, -0.2) is 0 Å². The first-order valence-corrected chi connectivity index (χ1v) is 7.67. The molecule has 1 aromatic heterocycles. The van der Waals surface area contributed by atoms with Crippen molar-refractivity contribution >= 4 is 17.5 Å². The fraction of sp³-hybridized carbons (Fsp3) is 0.375. The number of nitrogens with zero attached hydrogens (tertiary/aromatic N) is 1. The summed E-state index contributed by atoms with van der Waals surface area (Å²) in [7, 11) is 0. The SMILES string of the molecule is CC1(C)CC(=O)C2=C(C1)S[C@H](c1ccco1)C(C#N)=C2N. The largest absolute Gasteiger partial charge is 0.468 e. The highest BCUT2D eigenvalue weighted by Gasteiger charge is 2.40. The predicted molar refractivity (Wildman–Crippen MR) is 80.9 cm³/mol. The van der Waals surface area contributed by atoms with Gasteiger partial charge in [0.05, 0.1) is 29.2 Å². The molecule has 0 fully saturated rings. The van der Waals surface area contributed by atoms with Gasteiger partial charge >= 0.3 is 0 Å². The summed E-state index contributed by atoms with van der Waals surface area (Å²) in [5.41, 5.74) is 7.37.